The molecular formula is C18H27N6+. The number of rotatable bonds is 4. The van der Waals surface area contributed by atoms with Gasteiger partial charge in [-0.1, -0.05) is 18.9 Å². The minimum atomic E-state index is 0.153. The SMILES string of the molecule is c1ccc([C@H](c2nnnn2C2CCCC2)[NH+]2CCCCCC2)nc1. The minimum Gasteiger partial charge on any atom is -0.321 e. The van der Waals surface area contributed by atoms with E-state index in [9.17, 15) is 0 Å². The van der Waals surface area contributed by atoms with E-state index in [4.69, 9.17) is 0 Å². The Morgan fingerprint density at radius 1 is 1.00 bits per heavy atom. The van der Waals surface area contributed by atoms with E-state index in [0.717, 1.165) is 11.5 Å². The second kappa shape index (κ2) is 7.38. The molecule has 2 aromatic heterocycles. The number of likely N-dealkylation sites (tertiary alicyclic amines) is 1. The standard InChI is InChI=1S/C18H26N6/c1-2-8-14-23(13-7-1)17(16-11-5-6-12-19-16)18-20-21-22-24(18)15-9-3-4-10-15/h5-6,11-12,15,17H,1-4,7-10,13-14H2/p+1/t17-/m1/s1. The van der Waals surface area contributed by atoms with Crippen molar-refractivity contribution < 1.29 is 4.90 Å². The first kappa shape index (κ1) is 15.7. The summed E-state index contributed by atoms with van der Waals surface area (Å²) in [6.07, 6.45) is 12.1. The Morgan fingerprint density at radius 3 is 2.50 bits per heavy atom. The van der Waals surface area contributed by atoms with Crippen LogP contribution in [0.15, 0.2) is 24.4 Å². The van der Waals surface area contributed by atoms with Crippen molar-refractivity contribution in [2.45, 2.75) is 63.5 Å². The van der Waals surface area contributed by atoms with E-state index in [0.29, 0.717) is 6.04 Å². The molecule has 0 bridgehead atoms. The van der Waals surface area contributed by atoms with Gasteiger partial charge >= 0.3 is 0 Å². The maximum absolute atomic E-state index is 4.68. The summed E-state index contributed by atoms with van der Waals surface area (Å²) < 4.78 is 2.12. The van der Waals surface area contributed by atoms with Crippen molar-refractivity contribution in [2.24, 2.45) is 0 Å². The maximum atomic E-state index is 4.68. The second-order valence-corrected chi connectivity index (χ2v) is 7.18. The van der Waals surface area contributed by atoms with E-state index < -0.39 is 0 Å². The van der Waals surface area contributed by atoms with Gasteiger partial charge in [-0.25, -0.2) is 4.68 Å². The van der Waals surface area contributed by atoms with Crippen LogP contribution in [0.5, 0.6) is 0 Å². The number of aromatic nitrogens is 5. The van der Waals surface area contributed by atoms with Crippen LogP contribution in [0.2, 0.25) is 0 Å². The summed E-state index contributed by atoms with van der Waals surface area (Å²) >= 11 is 0. The summed E-state index contributed by atoms with van der Waals surface area (Å²) in [5.41, 5.74) is 1.10. The summed E-state index contributed by atoms with van der Waals surface area (Å²) in [7, 11) is 0. The number of hydrogen-bond donors (Lipinski definition) is 1. The van der Waals surface area contributed by atoms with Crippen molar-refractivity contribution in [2.75, 3.05) is 13.1 Å². The predicted molar refractivity (Wildman–Crippen MR) is 90.6 cm³/mol. The Kier molecular flexibility index (Phi) is 4.83. The van der Waals surface area contributed by atoms with E-state index in [1.165, 1.54) is 64.5 Å². The van der Waals surface area contributed by atoms with Crippen molar-refractivity contribution in [3.63, 3.8) is 0 Å². The van der Waals surface area contributed by atoms with Gasteiger partial charge in [0.1, 0.15) is 5.69 Å². The first-order chi connectivity index (χ1) is 11.9. The number of nitrogens with zero attached hydrogens (tertiary/aromatic N) is 5. The third-order valence-electron chi connectivity index (χ3n) is 5.58. The fourth-order valence-corrected chi connectivity index (χ4v) is 4.34. The van der Waals surface area contributed by atoms with E-state index >= 15 is 0 Å². The molecule has 1 saturated carbocycles. The molecule has 24 heavy (non-hydrogen) atoms. The van der Waals surface area contributed by atoms with Gasteiger partial charge in [-0.3, -0.25) is 4.98 Å². The molecular weight excluding hydrogens is 300 g/mol. The normalized spacial score (nSPS) is 21.7. The molecule has 0 spiro atoms. The fourth-order valence-electron chi connectivity index (χ4n) is 4.34. The molecule has 6 nitrogen and oxygen atoms in total. The van der Waals surface area contributed by atoms with E-state index in [1.54, 1.807) is 4.90 Å². The van der Waals surface area contributed by atoms with Gasteiger partial charge in [0.05, 0.1) is 19.1 Å². The van der Waals surface area contributed by atoms with Crippen molar-refractivity contribution in [1.82, 2.24) is 25.2 Å². The molecule has 2 aromatic rings. The van der Waals surface area contributed by atoms with E-state index in [2.05, 4.69) is 37.3 Å². The van der Waals surface area contributed by atoms with Crippen molar-refractivity contribution in [3.05, 3.63) is 35.9 Å². The third kappa shape index (κ3) is 3.20. The average Bonchev–Trinajstić information content (AvgIpc) is 3.24. The van der Waals surface area contributed by atoms with Crippen LogP contribution in [-0.4, -0.2) is 38.3 Å². The van der Waals surface area contributed by atoms with Crippen LogP contribution in [0.25, 0.3) is 0 Å². The fraction of sp³-hybridized carbons (Fsp3) is 0.667. The third-order valence-corrected chi connectivity index (χ3v) is 5.58. The molecule has 1 aliphatic carbocycles. The van der Waals surface area contributed by atoms with Gasteiger partial charge in [0, 0.05) is 6.20 Å². The topological polar surface area (TPSA) is 60.9 Å². The van der Waals surface area contributed by atoms with Crippen LogP contribution in [0.1, 0.15) is 75.0 Å². The summed E-state index contributed by atoms with van der Waals surface area (Å²) in [6, 6.07) is 6.82. The number of hydrogen-bond acceptors (Lipinski definition) is 4. The van der Waals surface area contributed by atoms with Crippen molar-refractivity contribution in [3.8, 4) is 0 Å². The lowest BCUT2D eigenvalue weighted by Gasteiger charge is -2.27. The monoisotopic (exact) mass is 327 g/mol. The Hall–Kier alpha value is -1.82. The van der Waals surface area contributed by atoms with Crippen LogP contribution < -0.4 is 4.90 Å². The summed E-state index contributed by atoms with van der Waals surface area (Å²) in [5.74, 6) is 1.01. The molecule has 1 N–H and O–H groups in total. The lowest BCUT2D eigenvalue weighted by Crippen LogP contribution is -3.12. The van der Waals surface area contributed by atoms with Gasteiger partial charge < -0.3 is 4.90 Å². The quantitative estimate of drug-likeness (QED) is 0.929. The number of quaternary nitrogens is 1. The Bertz CT molecular complexity index is 626. The van der Waals surface area contributed by atoms with E-state index in [-0.39, 0.29) is 6.04 Å². The molecule has 6 heteroatoms. The molecule has 1 saturated heterocycles. The van der Waals surface area contributed by atoms with Crippen LogP contribution >= 0.6 is 0 Å². The van der Waals surface area contributed by atoms with Gasteiger partial charge in [0.15, 0.2) is 6.04 Å². The molecule has 0 amide bonds. The van der Waals surface area contributed by atoms with Crippen molar-refractivity contribution >= 4 is 0 Å². The highest BCUT2D eigenvalue weighted by Gasteiger charge is 2.35. The maximum Gasteiger partial charge on any atom is 0.216 e. The number of pyridine rings is 1. The molecule has 4 rings (SSSR count). The van der Waals surface area contributed by atoms with Gasteiger partial charge in [-0.2, -0.15) is 0 Å². The Balaban J connectivity index is 1.71. The van der Waals surface area contributed by atoms with Crippen LogP contribution in [0.3, 0.4) is 0 Å². The zero-order valence-electron chi connectivity index (χ0n) is 14.3. The smallest absolute Gasteiger partial charge is 0.216 e. The molecule has 1 aliphatic heterocycles. The molecule has 2 fully saturated rings. The zero-order valence-corrected chi connectivity index (χ0v) is 14.3. The van der Waals surface area contributed by atoms with Gasteiger partial charge in [0.2, 0.25) is 5.82 Å². The van der Waals surface area contributed by atoms with Crippen LogP contribution in [-0.2, 0) is 0 Å². The highest BCUT2D eigenvalue weighted by atomic mass is 15.6. The molecule has 2 aliphatic rings. The molecule has 3 heterocycles. The summed E-state index contributed by atoms with van der Waals surface area (Å²) in [5, 5.41) is 12.9. The van der Waals surface area contributed by atoms with E-state index in [1.807, 2.05) is 12.3 Å². The van der Waals surface area contributed by atoms with Crippen LogP contribution in [0.4, 0.5) is 0 Å². The lowest BCUT2D eigenvalue weighted by molar-refractivity contribution is -0.926. The summed E-state index contributed by atoms with van der Waals surface area (Å²) in [6.45, 7) is 2.36. The largest absolute Gasteiger partial charge is 0.321 e. The Labute approximate surface area is 143 Å². The highest BCUT2D eigenvalue weighted by Crippen LogP contribution is 2.30. The minimum absolute atomic E-state index is 0.153. The predicted octanol–water partition coefficient (Wildman–Crippen LogP) is 1.73. The van der Waals surface area contributed by atoms with Crippen LogP contribution in [0, 0.1) is 0 Å². The highest BCUT2D eigenvalue weighted by molar-refractivity contribution is 5.14. The lowest BCUT2D eigenvalue weighted by atomic mass is 10.1. The molecule has 0 unspecified atom stereocenters. The Morgan fingerprint density at radius 2 is 1.79 bits per heavy atom. The molecule has 0 aromatic carbocycles. The first-order valence-corrected chi connectivity index (χ1v) is 9.47. The number of tetrazole rings is 1. The van der Waals surface area contributed by atoms with Gasteiger partial charge in [-0.15, -0.1) is 5.10 Å². The molecule has 1 atom stereocenters. The van der Waals surface area contributed by atoms with Gasteiger partial charge in [0.25, 0.3) is 0 Å². The first-order valence-electron chi connectivity index (χ1n) is 9.47. The summed E-state index contributed by atoms with van der Waals surface area (Å²) in [4.78, 5) is 6.25. The molecule has 128 valence electrons. The second-order valence-electron chi connectivity index (χ2n) is 7.18. The van der Waals surface area contributed by atoms with Crippen molar-refractivity contribution in [1.29, 1.82) is 0 Å². The average molecular weight is 327 g/mol. The number of nitrogens with one attached hydrogen (secondary N) is 1. The molecule has 0 radical (unpaired) electrons. The zero-order chi connectivity index (χ0) is 16.2. The van der Waals surface area contributed by atoms with Gasteiger partial charge in [-0.05, 0) is 61.1 Å².